The van der Waals surface area contributed by atoms with Crippen LogP contribution in [0.25, 0.3) is 16.5 Å². The van der Waals surface area contributed by atoms with Crippen LogP contribution >= 0.6 is 0 Å². The SMILES string of the molecule is CC/C=C(\C=NC)c1nc(NC)c2ccccc2n1.CCCC. The summed E-state index contributed by atoms with van der Waals surface area (Å²) in [5, 5.41) is 4.15. The second kappa shape index (κ2) is 10.5. The lowest BCUT2D eigenvalue weighted by molar-refractivity contribution is 0.886. The number of fused-ring (bicyclic) bond motifs is 1. The van der Waals surface area contributed by atoms with E-state index in [-0.39, 0.29) is 0 Å². The molecule has 0 atom stereocenters. The van der Waals surface area contributed by atoms with E-state index in [2.05, 4.69) is 47.1 Å². The lowest BCUT2D eigenvalue weighted by atomic mass is 10.2. The average Bonchev–Trinajstić information content (AvgIpc) is 2.60. The zero-order valence-electron chi connectivity index (χ0n) is 14.9. The molecule has 0 bridgehead atoms. The Morgan fingerprint density at radius 3 is 2.39 bits per heavy atom. The van der Waals surface area contributed by atoms with Crippen molar-refractivity contribution in [3.05, 3.63) is 36.2 Å². The van der Waals surface area contributed by atoms with Crippen molar-refractivity contribution in [2.24, 2.45) is 4.99 Å². The van der Waals surface area contributed by atoms with Crippen LogP contribution in [0.4, 0.5) is 5.82 Å². The minimum absolute atomic E-state index is 0.704. The van der Waals surface area contributed by atoms with Gasteiger partial charge in [-0.25, -0.2) is 9.97 Å². The number of hydrogen-bond acceptors (Lipinski definition) is 4. The van der Waals surface area contributed by atoms with Gasteiger partial charge in [0.1, 0.15) is 5.82 Å². The second-order valence-electron chi connectivity index (χ2n) is 5.12. The number of nitrogens with one attached hydrogen (secondary N) is 1. The van der Waals surface area contributed by atoms with Crippen molar-refractivity contribution in [1.82, 2.24) is 9.97 Å². The van der Waals surface area contributed by atoms with Gasteiger partial charge in [0.25, 0.3) is 0 Å². The standard InChI is InChI=1S/C15H18N4.C4H10/c1-4-7-11(10-16-2)14-18-13-9-6-5-8-12(13)15(17-3)19-14;1-3-4-2/h5-10H,4H2,1-3H3,(H,17,18,19);3-4H2,1-2H3/b11-7+,16-10?;. The molecule has 4 heteroatoms. The molecule has 0 spiro atoms. The molecule has 4 nitrogen and oxygen atoms in total. The van der Waals surface area contributed by atoms with Crippen LogP contribution in [-0.2, 0) is 0 Å². The lowest BCUT2D eigenvalue weighted by Crippen LogP contribution is -2.02. The van der Waals surface area contributed by atoms with Gasteiger partial charge in [0, 0.05) is 31.3 Å². The molecule has 0 aliphatic rings. The van der Waals surface area contributed by atoms with Crippen LogP contribution in [0.15, 0.2) is 35.3 Å². The highest BCUT2D eigenvalue weighted by Gasteiger charge is 2.08. The Bertz CT molecular complexity index is 657. The molecule has 2 aromatic rings. The van der Waals surface area contributed by atoms with Gasteiger partial charge in [0.15, 0.2) is 5.82 Å². The number of aromatic nitrogens is 2. The fraction of sp³-hybridized carbons (Fsp3) is 0.421. The first-order valence-corrected chi connectivity index (χ1v) is 8.28. The van der Waals surface area contributed by atoms with E-state index in [0.29, 0.717) is 5.82 Å². The third-order valence-corrected chi connectivity index (χ3v) is 3.29. The van der Waals surface area contributed by atoms with Crippen LogP contribution in [0, 0.1) is 0 Å². The first kappa shape index (κ1) is 18.8. The summed E-state index contributed by atoms with van der Waals surface area (Å²) in [5.74, 6) is 1.54. The van der Waals surface area contributed by atoms with E-state index in [1.54, 1.807) is 13.3 Å². The van der Waals surface area contributed by atoms with Crippen molar-refractivity contribution >= 4 is 28.5 Å². The summed E-state index contributed by atoms with van der Waals surface area (Å²) >= 11 is 0. The lowest BCUT2D eigenvalue weighted by Gasteiger charge is -2.08. The van der Waals surface area contributed by atoms with Crippen molar-refractivity contribution in [1.29, 1.82) is 0 Å². The molecule has 0 saturated carbocycles. The third kappa shape index (κ3) is 5.47. The molecule has 23 heavy (non-hydrogen) atoms. The summed E-state index contributed by atoms with van der Waals surface area (Å²) in [5.41, 5.74) is 1.88. The average molecular weight is 312 g/mol. The largest absolute Gasteiger partial charge is 0.373 e. The number of benzene rings is 1. The van der Waals surface area contributed by atoms with Crippen LogP contribution in [0.5, 0.6) is 0 Å². The van der Waals surface area contributed by atoms with E-state index in [0.717, 1.165) is 28.7 Å². The smallest absolute Gasteiger partial charge is 0.163 e. The van der Waals surface area contributed by atoms with Crippen molar-refractivity contribution < 1.29 is 0 Å². The molecule has 1 heterocycles. The van der Waals surface area contributed by atoms with Crippen LogP contribution in [-0.4, -0.2) is 30.3 Å². The Labute approximate surface area is 139 Å². The Morgan fingerprint density at radius 2 is 1.83 bits per heavy atom. The highest BCUT2D eigenvalue weighted by Crippen LogP contribution is 2.22. The van der Waals surface area contributed by atoms with E-state index < -0.39 is 0 Å². The molecule has 0 saturated heterocycles. The van der Waals surface area contributed by atoms with E-state index in [9.17, 15) is 0 Å². The monoisotopic (exact) mass is 312 g/mol. The number of aliphatic imine (C=N–C) groups is 1. The van der Waals surface area contributed by atoms with Crippen LogP contribution < -0.4 is 5.32 Å². The summed E-state index contributed by atoms with van der Waals surface area (Å²) in [4.78, 5) is 13.3. The highest BCUT2D eigenvalue weighted by atomic mass is 15.0. The molecular weight excluding hydrogens is 284 g/mol. The molecule has 1 aromatic carbocycles. The molecule has 1 aromatic heterocycles. The van der Waals surface area contributed by atoms with Crippen molar-refractivity contribution in [3.8, 4) is 0 Å². The van der Waals surface area contributed by atoms with Crippen molar-refractivity contribution in [2.45, 2.75) is 40.0 Å². The first-order chi connectivity index (χ1) is 11.2. The summed E-state index contributed by atoms with van der Waals surface area (Å²) in [6.45, 7) is 6.45. The summed E-state index contributed by atoms with van der Waals surface area (Å²) in [6, 6.07) is 7.98. The maximum absolute atomic E-state index is 4.61. The molecule has 0 aliphatic carbocycles. The van der Waals surface area contributed by atoms with E-state index in [4.69, 9.17) is 0 Å². The van der Waals surface area contributed by atoms with E-state index in [1.807, 2.05) is 31.3 Å². The number of para-hydroxylation sites is 1. The number of rotatable bonds is 5. The van der Waals surface area contributed by atoms with Gasteiger partial charge in [-0.2, -0.15) is 0 Å². The Balaban J connectivity index is 0.000000593. The molecule has 0 unspecified atom stereocenters. The zero-order valence-corrected chi connectivity index (χ0v) is 14.9. The van der Waals surface area contributed by atoms with Gasteiger partial charge < -0.3 is 5.32 Å². The Kier molecular flexibility index (Phi) is 8.58. The van der Waals surface area contributed by atoms with Crippen LogP contribution in [0.3, 0.4) is 0 Å². The summed E-state index contributed by atoms with van der Waals surface area (Å²) < 4.78 is 0. The van der Waals surface area contributed by atoms with Gasteiger partial charge in [-0.3, -0.25) is 4.99 Å². The number of anilines is 1. The molecule has 0 radical (unpaired) electrons. The van der Waals surface area contributed by atoms with Crippen LogP contribution in [0.2, 0.25) is 0 Å². The van der Waals surface area contributed by atoms with Gasteiger partial charge in [0.2, 0.25) is 0 Å². The first-order valence-electron chi connectivity index (χ1n) is 8.28. The normalized spacial score (nSPS) is 11.4. The predicted octanol–water partition coefficient (Wildman–Crippen LogP) is 4.97. The topological polar surface area (TPSA) is 50.2 Å². The molecule has 0 fully saturated rings. The maximum atomic E-state index is 4.61. The quantitative estimate of drug-likeness (QED) is 0.793. The fourth-order valence-corrected chi connectivity index (χ4v) is 1.96. The number of nitrogens with zero attached hydrogens (tertiary/aromatic N) is 3. The molecule has 0 aliphatic heterocycles. The maximum Gasteiger partial charge on any atom is 0.163 e. The molecule has 124 valence electrons. The van der Waals surface area contributed by atoms with Crippen LogP contribution in [0.1, 0.15) is 45.9 Å². The highest BCUT2D eigenvalue weighted by molar-refractivity contribution is 6.09. The zero-order chi connectivity index (χ0) is 17.1. The van der Waals surface area contributed by atoms with Gasteiger partial charge in [-0.1, -0.05) is 51.8 Å². The van der Waals surface area contributed by atoms with Crippen molar-refractivity contribution in [3.63, 3.8) is 0 Å². The van der Waals surface area contributed by atoms with Gasteiger partial charge in [-0.05, 0) is 18.6 Å². The third-order valence-electron chi connectivity index (χ3n) is 3.29. The van der Waals surface area contributed by atoms with E-state index >= 15 is 0 Å². The predicted molar refractivity (Wildman–Crippen MR) is 102 cm³/mol. The number of unbranched alkanes of at least 4 members (excludes halogenated alkanes) is 1. The van der Waals surface area contributed by atoms with E-state index in [1.165, 1.54) is 12.8 Å². The molecular formula is C19H28N4. The van der Waals surface area contributed by atoms with Gasteiger partial charge in [0.05, 0.1) is 5.52 Å². The summed E-state index contributed by atoms with van der Waals surface area (Å²) in [7, 11) is 3.62. The minimum Gasteiger partial charge on any atom is -0.373 e. The molecule has 0 amide bonds. The molecule has 2 rings (SSSR count). The fourth-order valence-electron chi connectivity index (χ4n) is 1.96. The van der Waals surface area contributed by atoms with Gasteiger partial charge >= 0.3 is 0 Å². The second-order valence-corrected chi connectivity index (χ2v) is 5.12. The minimum atomic E-state index is 0.704. The van der Waals surface area contributed by atoms with Crippen molar-refractivity contribution in [2.75, 3.05) is 19.4 Å². The number of hydrogen-bond donors (Lipinski definition) is 1. The Morgan fingerprint density at radius 1 is 1.13 bits per heavy atom. The van der Waals surface area contributed by atoms with Gasteiger partial charge in [-0.15, -0.1) is 0 Å². The Hall–Kier alpha value is -2.23. The summed E-state index contributed by atoms with van der Waals surface area (Å²) in [6.07, 6.45) is 7.44. The number of allylic oxidation sites excluding steroid dienone is 2. The molecule has 1 N–H and O–H groups in total.